The smallest absolute Gasteiger partial charge is 0.323 e. The van der Waals surface area contributed by atoms with Crippen molar-refractivity contribution < 1.29 is 18.3 Å². The first-order valence-corrected chi connectivity index (χ1v) is 8.00. The van der Waals surface area contributed by atoms with Crippen LogP contribution < -0.4 is 10.00 Å². The predicted octanol–water partition coefficient (Wildman–Crippen LogP) is 2.70. The van der Waals surface area contributed by atoms with Gasteiger partial charge in [0, 0.05) is 6.07 Å². The van der Waals surface area contributed by atoms with Gasteiger partial charge in [0.1, 0.15) is 11.6 Å². The lowest BCUT2D eigenvalue weighted by atomic mass is 10.3. The molecule has 3 aromatic rings. The fraction of sp³-hybridized carbons (Fsp3) is 0.0625. The zero-order valence-corrected chi connectivity index (χ0v) is 13.2. The van der Waals surface area contributed by atoms with E-state index in [2.05, 4.69) is 15.4 Å². The van der Waals surface area contributed by atoms with Crippen LogP contribution in [-0.2, 0) is 4.79 Å². The fourth-order valence-corrected chi connectivity index (χ4v) is 2.77. The topological polar surface area (TPSA) is 61.7 Å². The molecule has 0 fully saturated rings. The molecule has 5 nitrogen and oxygen atoms in total. The van der Waals surface area contributed by atoms with Crippen LogP contribution in [-0.4, -0.2) is 21.7 Å². The van der Waals surface area contributed by atoms with Crippen molar-refractivity contribution in [2.75, 3.05) is 11.1 Å². The second-order valence-corrected chi connectivity index (χ2v) is 5.74. The summed E-state index contributed by atoms with van der Waals surface area (Å²) in [6, 6.07) is 12.5. The summed E-state index contributed by atoms with van der Waals surface area (Å²) in [5, 5.41) is 5.97. The number of nitrogens with zero attached hydrogens (tertiary/aromatic N) is 2. The van der Waals surface area contributed by atoms with Gasteiger partial charge in [-0.15, -0.1) is 4.68 Å². The Morgan fingerprint density at radius 1 is 1.21 bits per heavy atom. The summed E-state index contributed by atoms with van der Waals surface area (Å²) in [5.74, 6) is -1.88. The maximum absolute atomic E-state index is 13.5. The first-order valence-electron chi connectivity index (χ1n) is 7.02. The summed E-state index contributed by atoms with van der Waals surface area (Å²) in [5.41, 5.74) is 0.822. The highest BCUT2D eigenvalue weighted by molar-refractivity contribution is 7.99. The van der Waals surface area contributed by atoms with Crippen LogP contribution >= 0.6 is 11.8 Å². The van der Waals surface area contributed by atoms with Gasteiger partial charge in [0.2, 0.25) is 12.2 Å². The van der Waals surface area contributed by atoms with E-state index >= 15 is 0 Å². The number of para-hydroxylation sites is 1. The summed E-state index contributed by atoms with van der Waals surface area (Å²) in [7, 11) is 0. The van der Waals surface area contributed by atoms with E-state index in [4.69, 9.17) is 0 Å². The minimum atomic E-state index is -0.813. The van der Waals surface area contributed by atoms with Gasteiger partial charge in [-0.25, -0.2) is 8.78 Å². The molecule has 0 aliphatic carbocycles. The Balaban J connectivity index is 1.64. The third-order valence-electron chi connectivity index (χ3n) is 3.11. The molecule has 122 valence electrons. The Kier molecular flexibility index (Phi) is 4.85. The van der Waals surface area contributed by atoms with E-state index in [9.17, 15) is 13.6 Å². The first-order chi connectivity index (χ1) is 11.6. The summed E-state index contributed by atoms with van der Waals surface area (Å²) < 4.78 is 28.1. The van der Waals surface area contributed by atoms with Crippen molar-refractivity contribution in [3.8, 4) is 5.69 Å². The third kappa shape index (κ3) is 3.77. The Labute approximate surface area is 140 Å². The Morgan fingerprint density at radius 2 is 2.00 bits per heavy atom. The van der Waals surface area contributed by atoms with E-state index in [0.717, 1.165) is 17.8 Å². The van der Waals surface area contributed by atoms with Crippen LogP contribution in [0.5, 0.6) is 0 Å². The SMILES string of the molecule is O=C(CSc1nc[nH][n+]1-c1ccccc1)Nc1ccc(F)cc1F. The maximum atomic E-state index is 13.5. The van der Waals surface area contributed by atoms with Crippen LogP contribution in [0.1, 0.15) is 0 Å². The molecule has 0 aliphatic heterocycles. The molecule has 1 aromatic heterocycles. The normalized spacial score (nSPS) is 10.6. The average molecular weight is 347 g/mol. The van der Waals surface area contributed by atoms with Gasteiger partial charge in [-0.3, -0.25) is 4.79 Å². The van der Waals surface area contributed by atoms with Gasteiger partial charge in [0.25, 0.3) is 0 Å². The summed E-state index contributed by atoms with van der Waals surface area (Å²) in [6.45, 7) is 0. The second kappa shape index (κ2) is 7.22. The van der Waals surface area contributed by atoms with Gasteiger partial charge in [-0.05, 0) is 41.0 Å². The van der Waals surface area contributed by atoms with Gasteiger partial charge in [0.05, 0.1) is 11.4 Å². The molecule has 0 unspecified atom stereocenters. The molecule has 1 heterocycles. The van der Waals surface area contributed by atoms with Crippen LogP contribution in [0, 0.1) is 11.6 Å². The zero-order valence-electron chi connectivity index (χ0n) is 12.4. The molecule has 24 heavy (non-hydrogen) atoms. The highest BCUT2D eigenvalue weighted by Gasteiger charge is 2.19. The van der Waals surface area contributed by atoms with Crippen molar-refractivity contribution >= 4 is 23.4 Å². The standard InChI is InChI=1S/C16H12F2N4OS/c17-11-6-7-14(13(18)8-11)21-15(23)9-24-16-19-10-20-22(16)12-4-2-1-3-5-12/h1-8,10H,9H2,(H,21,23)/p+1. The van der Waals surface area contributed by atoms with Crippen LogP contribution in [0.25, 0.3) is 5.69 Å². The number of benzene rings is 2. The Hall–Kier alpha value is -2.74. The molecule has 1 amide bonds. The van der Waals surface area contributed by atoms with E-state index in [1.54, 1.807) is 4.68 Å². The van der Waals surface area contributed by atoms with E-state index in [1.165, 1.54) is 24.2 Å². The van der Waals surface area contributed by atoms with Crippen molar-refractivity contribution in [3.63, 3.8) is 0 Å². The molecule has 0 radical (unpaired) electrons. The minimum absolute atomic E-state index is 0.0362. The molecular formula is C16H13F2N4OS+. The molecule has 0 aliphatic rings. The number of carbonyl (C=O) groups is 1. The average Bonchev–Trinajstić information content (AvgIpc) is 3.05. The maximum Gasteiger partial charge on any atom is 0.385 e. The Bertz CT molecular complexity index is 854. The van der Waals surface area contributed by atoms with Gasteiger partial charge in [-0.1, -0.05) is 18.2 Å². The highest BCUT2D eigenvalue weighted by atomic mass is 32.2. The van der Waals surface area contributed by atoms with E-state index in [1.807, 2.05) is 30.3 Å². The number of aromatic amines is 1. The van der Waals surface area contributed by atoms with Crippen molar-refractivity contribution in [3.05, 3.63) is 66.5 Å². The number of rotatable bonds is 5. The number of H-pyrrole nitrogens is 1. The summed E-state index contributed by atoms with van der Waals surface area (Å²) >= 11 is 1.20. The lowest BCUT2D eigenvalue weighted by Gasteiger charge is -2.05. The lowest BCUT2D eigenvalue weighted by Crippen LogP contribution is -2.35. The molecule has 0 saturated carbocycles. The number of amides is 1. The van der Waals surface area contributed by atoms with Crippen molar-refractivity contribution in [1.29, 1.82) is 0 Å². The van der Waals surface area contributed by atoms with E-state index < -0.39 is 17.5 Å². The van der Waals surface area contributed by atoms with Gasteiger partial charge < -0.3 is 5.32 Å². The molecule has 8 heteroatoms. The molecule has 0 spiro atoms. The van der Waals surface area contributed by atoms with Crippen molar-refractivity contribution in [1.82, 2.24) is 10.1 Å². The molecular weight excluding hydrogens is 334 g/mol. The van der Waals surface area contributed by atoms with Crippen LogP contribution in [0.15, 0.2) is 60.0 Å². The minimum Gasteiger partial charge on any atom is -0.323 e. The van der Waals surface area contributed by atoms with Gasteiger partial charge in [-0.2, -0.15) is 5.10 Å². The summed E-state index contributed by atoms with van der Waals surface area (Å²) in [4.78, 5) is 16.1. The van der Waals surface area contributed by atoms with Gasteiger partial charge >= 0.3 is 5.16 Å². The molecule has 0 atom stereocenters. The number of carbonyl (C=O) groups excluding carboxylic acids is 1. The largest absolute Gasteiger partial charge is 0.385 e. The molecule has 2 N–H and O–H groups in total. The third-order valence-corrected chi connectivity index (χ3v) is 4.06. The number of hydrogen-bond acceptors (Lipinski definition) is 3. The number of nitrogens with one attached hydrogen (secondary N) is 2. The van der Waals surface area contributed by atoms with Crippen molar-refractivity contribution in [2.24, 2.45) is 0 Å². The van der Waals surface area contributed by atoms with Crippen LogP contribution in [0.3, 0.4) is 0 Å². The Morgan fingerprint density at radius 3 is 2.75 bits per heavy atom. The van der Waals surface area contributed by atoms with Gasteiger partial charge in [0.15, 0.2) is 5.69 Å². The zero-order chi connectivity index (χ0) is 16.9. The molecule has 0 bridgehead atoms. The number of hydrogen-bond donors (Lipinski definition) is 2. The highest BCUT2D eigenvalue weighted by Crippen LogP contribution is 2.17. The predicted molar refractivity (Wildman–Crippen MR) is 85.8 cm³/mol. The van der Waals surface area contributed by atoms with Crippen molar-refractivity contribution in [2.45, 2.75) is 5.16 Å². The molecule has 0 saturated heterocycles. The van der Waals surface area contributed by atoms with Crippen LogP contribution in [0.4, 0.5) is 14.5 Å². The first kappa shape index (κ1) is 16.1. The number of aromatic nitrogens is 3. The molecule has 2 aromatic carbocycles. The number of halogens is 2. The number of anilines is 1. The lowest BCUT2D eigenvalue weighted by molar-refractivity contribution is -0.694. The summed E-state index contributed by atoms with van der Waals surface area (Å²) in [6.07, 6.45) is 1.52. The molecule has 3 rings (SSSR count). The second-order valence-electron chi connectivity index (χ2n) is 4.80. The quantitative estimate of drug-likeness (QED) is 0.551. The van der Waals surface area contributed by atoms with E-state index in [0.29, 0.717) is 5.16 Å². The monoisotopic (exact) mass is 347 g/mol. The number of thioether (sulfide) groups is 1. The van der Waals surface area contributed by atoms with E-state index in [-0.39, 0.29) is 11.4 Å². The fourth-order valence-electron chi connectivity index (χ4n) is 2.03. The van der Waals surface area contributed by atoms with Crippen LogP contribution in [0.2, 0.25) is 0 Å².